The summed E-state index contributed by atoms with van der Waals surface area (Å²) in [5.74, 6) is 0.366. The first kappa shape index (κ1) is 21.6. The lowest BCUT2D eigenvalue weighted by molar-refractivity contribution is 0.0713. The molecule has 5 heteroatoms. The van der Waals surface area contributed by atoms with Gasteiger partial charge >= 0.3 is 0 Å². The summed E-state index contributed by atoms with van der Waals surface area (Å²) in [6, 6.07) is 23.1. The minimum Gasteiger partial charge on any atom is -0.491 e. The normalized spacial score (nSPS) is 14.9. The average molecular weight is 429 g/mol. The van der Waals surface area contributed by atoms with E-state index in [1.807, 2.05) is 60.4 Å². The van der Waals surface area contributed by atoms with Crippen LogP contribution in [0.15, 0.2) is 72.8 Å². The summed E-state index contributed by atoms with van der Waals surface area (Å²) in [6.45, 7) is 3.81. The highest BCUT2D eigenvalue weighted by Crippen LogP contribution is 2.20. The molecule has 0 fully saturated rings. The van der Waals surface area contributed by atoms with E-state index in [1.165, 1.54) is 5.56 Å². The second-order valence-corrected chi connectivity index (χ2v) is 8.07. The van der Waals surface area contributed by atoms with Gasteiger partial charge in [-0.25, -0.2) is 0 Å². The Labute approximate surface area is 189 Å². The van der Waals surface area contributed by atoms with Crippen molar-refractivity contribution in [2.24, 2.45) is 0 Å². The van der Waals surface area contributed by atoms with Crippen molar-refractivity contribution in [3.05, 3.63) is 101 Å². The summed E-state index contributed by atoms with van der Waals surface area (Å²) in [5, 5.41) is 2.99. The first-order valence-corrected chi connectivity index (χ1v) is 11.0. The number of amides is 2. The number of hydrogen-bond donors (Lipinski definition) is 1. The van der Waals surface area contributed by atoms with E-state index >= 15 is 0 Å². The van der Waals surface area contributed by atoms with Crippen LogP contribution in [0.2, 0.25) is 0 Å². The Morgan fingerprint density at radius 3 is 2.47 bits per heavy atom. The molecule has 1 N–H and O–H groups in total. The monoisotopic (exact) mass is 428 g/mol. The van der Waals surface area contributed by atoms with Crippen molar-refractivity contribution in [3.63, 3.8) is 0 Å². The van der Waals surface area contributed by atoms with Crippen LogP contribution < -0.4 is 10.1 Å². The number of benzene rings is 3. The molecule has 0 aromatic heterocycles. The fourth-order valence-corrected chi connectivity index (χ4v) is 3.91. The van der Waals surface area contributed by atoms with Crippen molar-refractivity contribution in [1.82, 2.24) is 10.2 Å². The molecule has 4 rings (SSSR count). The maximum Gasteiger partial charge on any atom is 0.255 e. The number of rotatable bonds is 1. The van der Waals surface area contributed by atoms with Gasteiger partial charge in [-0.3, -0.25) is 9.59 Å². The number of ether oxygens (including phenoxy) is 1. The molecule has 0 saturated carbocycles. The van der Waals surface area contributed by atoms with Crippen LogP contribution in [0.5, 0.6) is 5.75 Å². The first-order chi connectivity index (χ1) is 15.6. The minimum atomic E-state index is -0.140. The molecule has 5 nitrogen and oxygen atoms in total. The van der Waals surface area contributed by atoms with Gasteiger partial charge in [0.1, 0.15) is 12.4 Å². The van der Waals surface area contributed by atoms with E-state index in [0.717, 1.165) is 24.0 Å². The number of fused-ring (bicyclic) bond motifs is 2. The van der Waals surface area contributed by atoms with Crippen LogP contribution in [0.1, 0.15) is 43.8 Å². The fourth-order valence-electron chi connectivity index (χ4n) is 3.91. The maximum atomic E-state index is 13.4. The van der Waals surface area contributed by atoms with Crippen molar-refractivity contribution in [2.75, 3.05) is 19.7 Å². The molecular weight excluding hydrogens is 400 g/mol. The quantitative estimate of drug-likeness (QED) is 0.625. The Morgan fingerprint density at radius 1 is 0.938 bits per heavy atom. The highest BCUT2D eigenvalue weighted by atomic mass is 16.5. The smallest absolute Gasteiger partial charge is 0.255 e. The number of nitrogens with zero attached hydrogens (tertiary/aromatic N) is 1. The van der Waals surface area contributed by atoms with Gasteiger partial charge in [0, 0.05) is 18.7 Å². The highest BCUT2D eigenvalue weighted by molar-refractivity contribution is 5.97. The lowest BCUT2D eigenvalue weighted by Gasteiger charge is -2.25. The van der Waals surface area contributed by atoms with E-state index in [2.05, 4.69) is 17.4 Å². The van der Waals surface area contributed by atoms with Gasteiger partial charge in [0.25, 0.3) is 11.8 Å². The lowest BCUT2D eigenvalue weighted by Crippen LogP contribution is -2.35. The van der Waals surface area contributed by atoms with Crippen molar-refractivity contribution in [1.29, 1.82) is 0 Å². The third-order valence-corrected chi connectivity index (χ3v) is 5.72. The zero-order valence-corrected chi connectivity index (χ0v) is 18.3. The Hall–Kier alpha value is -3.60. The summed E-state index contributed by atoms with van der Waals surface area (Å²) >= 11 is 0. The van der Waals surface area contributed by atoms with Gasteiger partial charge < -0.3 is 15.0 Å². The number of hydrogen-bond acceptors (Lipinski definition) is 3. The first-order valence-electron chi connectivity index (χ1n) is 11.0. The second-order valence-electron chi connectivity index (χ2n) is 8.07. The Bertz CT molecular complexity index is 1090. The van der Waals surface area contributed by atoms with Gasteiger partial charge in [-0.05, 0) is 55.2 Å². The van der Waals surface area contributed by atoms with Gasteiger partial charge in [0.15, 0.2) is 0 Å². The topological polar surface area (TPSA) is 58.6 Å². The largest absolute Gasteiger partial charge is 0.491 e. The SMILES string of the molecule is Cc1ccc(C(=O)N2CCOc3ccccc3C(=O)NCCCc3ccccc3C2)cc1. The molecule has 1 aliphatic rings. The molecule has 1 heterocycles. The van der Waals surface area contributed by atoms with Gasteiger partial charge in [-0.2, -0.15) is 0 Å². The van der Waals surface area contributed by atoms with E-state index in [9.17, 15) is 9.59 Å². The fraction of sp³-hybridized carbons (Fsp3) is 0.259. The highest BCUT2D eigenvalue weighted by Gasteiger charge is 2.19. The number of para-hydroxylation sites is 1. The molecule has 0 radical (unpaired) electrons. The molecule has 0 atom stereocenters. The predicted octanol–water partition coefficient (Wildman–Crippen LogP) is 4.39. The summed E-state index contributed by atoms with van der Waals surface area (Å²) < 4.78 is 5.97. The van der Waals surface area contributed by atoms with Crippen LogP contribution in [-0.2, 0) is 13.0 Å². The molecule has 2 amide bonds. The van der Waals surface area contributed by atoms with Crippen molar-refractivity contribution < 1.29 is 14.3 Å². The molecule has 164 valence electrons. The van der Waals surface area contributed by atoms with Crippen molar-refractivity contribution in [2.45, 2.75) is 26.3 Å². The summed E-state index contributed by atoms with van der Waals surface area (Å²) in [5.41, 5.74) is 4.61. The Kier molecular flexibility index (Phi) is 6.85. The summed E-state index contributed by atoms with van der Waals surface area (Å²) in [7, 11) is 0. The van der Waals surface area contributed by atoms with Crippen molar-refractivity contribution >= 4 is 11.8 Å². The minimum absolute atomic E-state index is 0.0264. The van der Waals surface area contributed by atoms with Crippen LogP contribution >= 0.6 is 0 Å². The van der Waals surface area contributed by atoms with Gasteiger partial charge in [0.2, 0.25) is 0 Å². The molecule has 0 spiro atoms. The van der Waals surface area contributed by atoms with Crippen molar-refractivity contribution in [3.8, 4) is 5.75 Å². The standard InChI is InChI=1S/C27H28N2O3/c1-20-12-14-22(15-13-20)27(31)29-17-18-32-25-11-5-4-10-24(25)26(30)28-16-6-9-21-7-2-3-8-23(21)19-29/h2-5,7-8,10-15H,6,9,16-19H2,1H3,(H,28,30). The van der Waals surface area contributed by atoms with Gasteiger partial charge in [0.05, 0.1) is 12.1 Å². The number of carbonyl (C=O) groups excluding carboxylic acids is 2. The third kappa shape index (κ3) is 5.17. The van der Waals surface area contributed by atoms with E-state index in [-0.39, 0.29) is 11.8 Å². The number of carbonyl (C=O) groups is 2. The third-order valence-electron chi connectivity index (χ3n) is 5.72. The summed E-state index contributed by atoms with van der Waals surface area (Å²) in [4.78, 5) is 27.8. The molecular formula is C27H28N2O3. The van der Waals surface area contributed by atoms with Gasteiger partial charge in [-0.1, -0.05) is 54.1 Å². The molecule has 0 aliphatic carbocycles. The number of aryl methyl sites for hydroxylation is 2. The van der Waals surface area contributed by atoms with Crippen LogP contribution in [0, 0.1) is 6.92 Å². The summed E-state index contributed by atoms with van der Waals surface area (Å²) in [6.07, 6.45) is 1.65. The second kappa shape index (κ2) is 10.1. The molecule has 3 aromatic rings. The van der Waals surface area contributed by atoms with E-state index < -0.39 is 0 Å². The van der Waals surface area contributed by atoms with Crippen LogP contribution in [0.3, 0.4) is 0 Å². The maximum absolute atomic E-state index is 13.4. The average Bonchev–Trinajstić information content (AvgIpc) is 2.82. The molecule has 1 aliphatic heterocycles. The Balaban J connectivity index is 1.63. The van der Waals surface area contributed by atoms with E-state index in [1.54, 1.807) is 12.1 Å². The predicted molar refractivity (Wildman–Crippen MR) is 125 cm³/mol. The van der Waals surface area contributed by atoms with Gasteiger partial charge in [-0.15, -0.1) is 0 Å². The molecule has 0 saturated heterocycles. The van der Waals surface area contributed by atoms with Crippen LogP contribution in [0.4, 0.5) is 0 Å². The molecule has 3 aromatic carbocycles. The van der Waals surface area contributed by atoms with Crippen LogP contribution in [0.25, 0.3) is 0 Å². The molecule has 0 unspecified atom stereocenters. The van der Waals surface area contributed by atoms with Crippen LogP contribution in [-0.4, -0.2) is 36.4 Å². The Morgan fingerprint density at radius 2 is 1.66 bits per heavy atom. The number of nitrogens with one attached hydrogen (secondary N) is 1. The zero-order valence-electron chi connectivity index (χ0n) is 18.3. The molecule has 0 bridgehead atoms. The zero-order chi connectivity index (χ0) is 22.3. The molecule has 32 heavy (non-hydrogen) atoms. The lowest BCUT2D eigenvalue weighted by atomic mass is 10.0. The van der Waals surface area contributed by atoms with E-state index in [0.29, 0.717) is 43.1 Å². The van der Waals surface area contributed by atoms with E-state index in [4.69, 9.17) is 4.74 Å².